The van der Waals surface area contributed by atoms with Gasteiger partial charge in [-0.3, -0.25) is 3.71 Å². The van der Waals surface area contributed by atoms with Crippen LogP contribution in [0.4, 0.5) is 0 Å². The Labute approximate surface area is 72.5 Å². The van der Waals surface area contributed by atoms with Gasteiger partial charge in [0.05, 0.1) is 0 Å². The minimum atomic E-state index is 0.320. The highest BCUT2D eigenvalue weighted by Crippen LogP contribution is 2.39. The zero-order chi connectivity index (χ0) is 7.78. The molecule has 0 unspecified atom stereocenters. The second-order valence-electron chi connectivity index (χ2n) is 3.31. The molecule has 0 fully saturated rings. The molecule has 0 aliphatic carbocycles. The summed E-state index contributed by atoms with van der Waals surface area (Å²) in [7, 11) is 0. The van der Waals surface area contributed by atoms with E-state index in [0.717, 1.165) is 6.42 Å². The normalized spacial score (nSPS) is 24.4. The lowest BCUT2D eigenvalue weighted by atomic mass is 10.0. The first-order valence-electron chi connectivity index (χ1n) is 3.34. The molecule has 1 nitrogen and oxygen atoms in total. The third-order valence-electron chi connectivity index (χ3n) is 1.38. The number of nitrogens with zero attached hydrogens (tertiary/aromatic N) is 1. The molecule has 3 heteroatoms. The van der Waals surface area contributed by atoms with Gasteiger partial charge in [0.25, 0.3) is 0 Å². The van der Waals surface area contributed by atoms with Crippen LogP contribution in [0.15, 0.2) is 11.8 Å². The predicted octanol–water partition coefficient (Wildman–Crippen LogP) is 2.87. The fourth-order valence-electron chi connectivity index (χ4n) is 1.22. The van der Waals surface area contributed by atoms with Gasteiger partial charge in [-0.15, -0.1) is 0 Å². The van der Waals surface area contributed by atoms with Crippen molar-refractivity contribution in [2.24, 2.45) is 0 Å². The molecule has 0 N–H and O–H groups in total. The van der Waals surface area contributed by atoms with Crippen LogP contribution in [0.1, 0.15) is 27.2 Å². The van der Waals surface area contributed by atoms with Crippen molar-refractivity contribution in [2.45, 2.75) is 31.9 Å². The first kappa shape index (κ1) is 8.34. The van der Waals surface area contributed by atoms with E-state index in [0.29, 0.717) is 4.75 Å². The topological polar surface area (TPSA) is 3.24 Å². The molecule has 0 saturated carbocycles. The zero-order valence-corrected chi connectivity index (χ0v) is 8.30. The van der Waals surface area contributed by atoms with Gasteiger partial charge >= 0.3 is 0 Å². The van der Waals surface area contributed by atoms with Crippen molar-refractivity contribution < 1.29 is 0 Å². The predicted molar refractivity (Wildman–Crippen MR) is 50.9 cm³/mol. The van der Waals surface area contributed by atoms with Crippen LogP contribution >= 0.6 is 24.8 Å². The third-order valence-corrected chi connectivity index (χ3v) is 2.67. The van der Waals surface area contributed by atoms with Crippen molar-refractivity contribution in [2.75, 3.05) is 0 Å². The average Bonchev–Trinajstić information content (AvgIpc) is 1.54. The van der Waals surface area contributed by atoms with Crippen LogP contribution in [-0.4, -0.2) is 8.46 Å². The van der Waals surface area contributed by atoms with E-state index in [1.54, 1.807) is 11.9 Å². The Hall–Kier alpha value is 0.240. The quantitative estimate of drug-likeness (QED) is 0.445. The highest BCUT2D eigenvalue weighted by atomic mass is 32.2. The van der Waals surface area contributed by atoms with Gasteiger partial charge in [-0.25, -0.2) is 0 Å². The summed E-state index contributed by atoms with van der Waals surface area (Å²) < 4.78 is 2.21. The van der Waals surface area contributed by atoms with E-state index < -0.39 is 0 Å². The van der Waals surface area contributed by atoms with E-state index in [-0.39, 0.29) is 0 Å². The molecule has 58 valence electrons. The lowest BCUT2D eigenvalue weighted by Gasteiger charge is -2.32. The lowest BCUT2D eigenvalue weighted by molar-refractivity contribution is 0.665. The molecule has 1 aliphatic rings. The number of hydrogen-bond acceptors (Lipinski definition) is 3. The first-order chi connectivity index (χ1) is 4.49. The molecule has 0 aromatic rings. The highest BCUT2D eigenvalue weighted by molar-refractivity contribution is 8.06. The summed E-state index contributed by atoms with van der Waals surface area (Å²) in [4.78, 5) is 0. The van der Waals surface area contributed by atoms with Crippen LogP contribution in [0.3, 0.4) is 0 Å². The molecule has 0 amide bonds. The van der Waals surface area contributed by atoms with E-state index in [4.69, 9.17) is 0 Å². The third kappa shape index (κ3) is 2.13. The van der Waals surface area contributed by atoms with E-state index in [2.05, 4.69) is 39.8 Å². The van der Waals surface area contributed by atoms with Gasteiger partial charge in [-0.1, -0.05) is 18.4 Å². The maximum absolute atomic E-state index is 4.25. The standard InChI is InChI=1S/C7H13NS2/c1-6-4-7(2,3)10-8(9)5-6/h5,9H,4H2,1-3H3. The summed E-state index contributed by atoms with van der Waals surface area (Å²) in [5.74, 6) is 0. The maximum Gasteiger partial charge on any atom is 0.0349 e. The molecule has 0 radical (unpaired) electrons. The number of rotatable bonds is 0. The SMILES string of the molecule is CC1=CN(S)SC(C)(C)C1. The van der Waals surface area contributed by atoms with Crippen molar-refractivity contribution in [3.05, 3.63) is 11.8 Å². The van der Waals surface area contributed by atoms with Crippen molar-refractivity contribution >= 4 is 24.8 Å². The molecule has 10 heavy (non-hydrogen) atoms. The van der Waals surface area contributed by atoms with Crippen LogP contribution < -0.4 is 0 Å². The van der Waals surface area contributed by atoms with Gasteiger partial charge in [0, 0.05) is 10.9 Å². The first-order valence-corrected chi connectivity index (χ1v) is 4.51. The van der Waals surface area contributed by atoms with Crippen LogP contribution in [0.2, 0.25) is 0 Å². The fourth-order valence-corrected chi connectivity index (χ4v) is 3.11. The van der Waals surface area contributed by atoms with Crippen molar-refractivity contribution in [3.8, 4) is 0 Å². The van der Waals surface area contributed by atoms with E-state index in [1.807, 2.05) is 3.71 Å². The average molecular weight is 175 g/mol. The van der Waals surface area contributed by atoms with Gasteiger partial charge in [0.2, 0.25) is 0 Å². The molecule has 1 aliphatic heterocycles. The zero-order valence-electron chi connectivity index (χ0n) is 6.59. The van der Waals surface area contributed by atoms with Crippen molar-refractivity contribution in [3.63, 3.8) is 0 Å². The van der Waals surface area contributed by atoms with E-state index >= 15 is 0 Å². The minimum absolute atomic E-state index is 0.320. The summed E-state index contributed by atoms with van der Waals surface area (Å²) in [6.07, 6.45) is 3.23. The molecule has 1 rings (SSSR count). The Balaban J connectivity index is 2.70. The number of hydrogen-bond donors (Lipinski definition) is 1. The Bertz CT molecular complexity index is 163. The molecule has 0 bridgehead atoms. The number of allylic oxidation sites excluding steroid dienone is 1. The molecule has 0 aromatic heterocycles. The fraction of sp³-hybridized carbons (Fsp3) is 0.714. The molecule has 0 aromatic carbocycles. The Morgan fingerprint density at radius 1 is 1.70 bits per heavy atom. The molecule has 1 heterocycles. The molecular formula is C7H13NS2. The Kier molecular flexibility index (Phi) is 2.25. The molecule has 0 atom stereocenters. The van der Waals surface area contributed by atoms with Gasteiger partial charge in [-0.05, 0) is 39.1 Å². The van der Waals surface area contributed by atoms with Crippen LogP contribution in [0.25, 0.3) is 0 Å². The second-order valence-corrected chi connectivity index (χ2v) is 5.69. The van der Waals surface area contributed by atoms with Gasteiger partial charge in [0.1, 0.15) is 0 Å². The minimum Gasteiger partial charge on any atom is -0.268 e. The van der Waals surface area contributed by atoms with Crippen LogP contribution in [0, 0.1) is 0 Å². The Morgan fingerprint density at radius 2 is 2.30 bits per heavy atom. The highest BCUT2D eigenvalue weighted by Gasteiger charge is 2.25. The van der Waals surface area contributed by atoms with Crippen molar-refractivity contribution in [1.82, 2.24) is 3.71 Å². The maximum atomic E-state index is 4.25. The van der Waals surface area contributed by atoms with Crippen LogP contribution in [-0.2, 0) is 0 Å². The summed E-state index contributed by atoms with van der Waals surface area (Å²) >= 11 is 6.02. The number of thiol groups is 1. The molecule has 0 saturated heterocycles. The molecule has 0 spiro atoms. The summed E-state index contributed by atoms with van der Waals surface area (Å²) in [6, 6.07) is 0. The smallest absolute Gasteiger partial charge is 0.0349 e. The summed E-state index contributed by atoms with van der Waals surface area (Å²) in [6.45, 7) is 6.61. The van der Waals surface area contributed by atoms with Gasteiger partial charge in [0.15, 0.2) is 0 Å². The monoisotopic (exact) mass is 175 g/mol. The molecular weight excluding hydrogens is 162 g/mol. The van der Waals surface area contributed by atoms with E-state index in [9.17, 15) is 0 Å². The largest absolute Gasteiger partial charge is 0.268 e. The van der Waals surface area contributed by atoms with Crippen LogP contribution in [0.5, 0.6) is 0 Å². The summed E-state index contributed by atoms with van der Waals surface area (Å²) in [5.41, 5.74) is 1.40. The summed E-state index contributed by atoms with van der Waals surface area (Å²) in [5, 5.41) is 0. The van der Waals surface area contributed by atoms with Gasteiger partial charge in [-0.2, -0.15) is 0 Å². The van der Waals surface area contributed by atoms with E-state index in [1.165, 1.54) is 5.57 Å². The lowest BCUT2D eigenvalue weighted by Crippen LogP contribution is -2.22. The second kappa shape index (κ2) is 2.70. The van der Waals surface area contributed by atoms with Crippen molar-refractivity contribution in [1.29, 1.82) is 0 Å². The van der Waals surface area contributed by atoms with Gasteiger partial charge < -0.3 is 0 Å². The Morgan fingerprint density at radius 3 is 2.70 bits per heavy atom.